The number of anilines is 2. The van der Waals surface area contributed by atoms with E-state index in [1.807, 2.05) is 48.5 Å². The van der Waals surface area contributed by atoms with E-state index in [-0.39, 0.29) is 11.8 Å². The van der Waals surface area contributed by atoms with Crippen LogP contribution in [-0.4, -0.2) is 34.7 Å². The predicted molar refractivity (Wildman–Crippen MR) is 132 cm³/mol. The molecule has 1 aromatic heterocycles. The number of fused-ring (bicyclic) bond motifs is 1. The highest BCUT2D eigenvalue weighted by molar-refractivity contribution is 5.94. The van der Waals surface area contributed by atoms with E-state index in [2.05, 4.69) is 21.8 Å². The molecule has 35 heavy (non-hydrogen) atoms. The van der Waals surface area contributed by atoms with Gasteiger partial charge in [-0.15, -0.1) is 0 Å². The molecule has 0 spiro atoms. The number of nitrogens with zero attached hydrogens (tertiary/aromatic N) is 3. The summed E-state index contributed by atoms with van der Waals surface area (Å²) in [7, 11) is 0. The SMILES string of the molecule is N#Cc1c(CCCNC(=O)CCCOc2ccc3c(c2)CCC(=O)N3)nn(-c2ccccc2)c1N. The molecule has 2 aromatic carbocycles. The van der Waals surface area contributed by atoms with E-state index in [1.165, 1.54) is 0 Å². The molecule has 9 nitrogen and oxygen atoms in total. The molecule has 0 saturated heterocycles. The van der Waals surface area contributed by atoms with Crippen LogP contribution >= 0.6 is 0 Å². The van der Waals surface area contributed by atoms with E-state index in [0.29, 0.717) is 68.8 Å². The Hall–Kier alpha value is -4.32. The minimum Gasteiger partial charge on any atom is -0.494 e. The van der Waals surface area contributed by atoms with Gasteiger partial charge in [-0.1, -0.05) is 18.2 Å². The number of rotatable bonds is 10. The smallest absolute Gasteiger partial charge is 0.224 e. The third-order valence-corrected chi connectivity index (χ3v) is 5.81. The maximum Gasteiger partial charge on any atom is 0.224 e. The summed E-state index contributed by atoms with van der Waals surface area (Å²) < 4.78 is 7.34. The van der Waals surface area contributed by atoms with Crippen molar-refractivity contribution >= 4 is 23.3 Å². The van der Waals surface area contributed by atoms with Crippen LogP contribution in [0.3, 0.4) is 0 Å². The first-order valence-electron chi connectivity index (χ1n) is 11.7. The largest absolute Gasteiger partial charge is 0.494 e. The summed E-state index contributed by atoms with van der Waals surface area (Å²) in [4.78, 5) is 23.6. The van der Waals surface area contributed by atoms with Crippen molar-refractivity contribution in [1.29, 1.82) is 5.26 Å². The van der Waals surface area contributed by atoms with E-state index in [1.54, 1.807) is 4.68 Å². The van der Waals surface area contributed by atoms with Crippen LogP contribution in [0.4, 0.5) is 11.5 Å². The Morgan fingerprint density at radius 3 is 2.83 bits per heavy atom. The fourth-order valence-corrected chi connectivity index (χ4v) is 3.99. The number of carbonyl (C=O) groups excluding carboxylic acids is 2. The van der Waals surface area contributed by atoms with Crippen LogP contribution in [0.25, 0.3) is 5.69 Å². The number of ether oxygens (including phenoxy) is 1. The van der Waals surface area contributed by atoms with Crippen molar-refractivity contribution in [3.8, 4) is 17.5 Å². The van der Waals surface area contributed by atoms with Crippen LogP contribution < -0.4 is 21.1 Å². The third kappa shape index (κ3) is 5.98. The van der Waals surface area contributed by atoms with Crippen molar-refractivity contribution in [3.63, 3.8) is 0 Å². The van der Waals surface area contributed by atoms with E-state index in [4.69, 9.17) is 10.5 Å². The number of hydrogen-bond donors (Lipinski definition) is 3. The standard InChI is InChI=1S/C26H28N6O3/c27-17-21-23(31-32(26(21)28)19-6-2-1-3-7-19)8-4-14-29-24(33)9-5-15-35-20-11-12-22-18(16-20)10-13-25(34)30-22/h1-3,6-7,11-12,16H,4-5,8-10,13-15,28H2,(H,29,33)(H,30,34). The molecule has 2 heterocycles. The van der Waals surface area contributed by atoms with Crippen LogP contribution in [0.15, 0.2) is 48.5 Å². The number of nitrogen functional groups attached to an aromatic ring is 1. The maximum absolute atomic E-state index is 12.2. The Morgan fingerprint density at radius 2 is 2.03 bits per heavy atom. The van der Waals surface area contributed by atoms with Crippen LogP contribution in [0.5, 0.6) is 5.75 Å². The second-order valence-corrected chi connectivity index (χ2v) is 8.34. The second kappa shape index (κ2) is 11.2. The number of amides is 2. The van der Waals surface area contributed by atoms with Crippen LogP contribution in [0, 0.1) is 11.3 Å². The summed E-state index contributed by atoms with van der Waals surface area (Å²) in [5.74, 6) is 1.05. The minimum atomic E-state index is -0.0448. The minimum absolute atomic E-state index is 0.0358. The summed E-state index contributed by atoms with van der Waals surface area (Å²) in [6.07, 6.45) is 3.33. The van der Waals surface area contributed by atoms with Crippen LogP contribution in [0.1, 0.15) is 42.5 Å². The highest BCUT2D eigenvalue weighted by Crippen LogP contribution is 2.27. The molecule has 1 aliphatic rings. The fourth-order valence-electron chi connectivity index (χ4n) is 3.99. The third-order valence-electron chi connectivity index (χ3n) is 5.81. The first-order chi connectivity index (χ1) is 17.0. The van der Waals surface area contributed by atoms with Crippen molar-refractivity contribution in [2.24, 2.45) is 0 Å². The van der Waals surface area contributed by atoms with E-state index in [0.717, 1.165) is 22.7 Å². The highest BCUT2D eigenvalue weighted by atomic mass is 16.5. The lowest BCUT2D eigenvalue weighted by Gasteiger charge is -2.17. The van der Waals surface area contributed by atoms with Gasteiger partial charge in [-0.25, -0.2) is 4.68 Å². The molecule has 0 radical (unpaired) electrons. The van der Waals surface area contributed by atoms with Gasteiger partial charge >= 0.3 is 0 Å². The Kier molecular flexibility index (Phi) is 7.63. The average molecular weight is 473 g/mol. The van der Waals surface area contributed by atoms with Crippen molar-refractivity contribution in [2.45, 2.75) is 38.5 Å². The zero-order valence-electron chi connectivity index (χ0n) is 19.4. The lowest BCUT2D eigenvalue weighted by Crippen LogP contribution is -2.25. The Bertz CT molecular complexity index is 1250. The van der Waals surface area contributed by atoms with Gasteiger partial charge < -0.3 is 21.1 Å². The first-order valence-corrected chi connectivity index (χ1v) is 11.7. The van der Waals surface area contributed by atoms with Crippen molar-refractivity contribution in [1.82, 2.24) is 15.1 Å². The molecule has 4 N–H and O–H groups in total. The summed E-state index contributed by atoms with van der Waals surface area (Å²) in [6, 6.07) is 17.2. The van der Waals surface area contributed by atoms with Crippen molar-refractivity contribution in [2.75, 3.05) is 24.2 Å². The summed E-state index contributed by atoms with van der Waals surface area (Å²) in [5.41, 5.74) is 9.83. The first kappa shape index (κ1) is 23.8. The molecule has 4 rings (SSSR count). The Labute approximate surface area is 203 Å². The molecule has 2 amide bonds. The zero-order chi connectivity index (χ0) is 24.6. The van der Waals surface area contributed by atoms with Gasteiger partial charge in [0.2, 0.25) is 11.8 Å². The predicted octanol–water partition coefficient (Wildman–Crippen LogP) is 3.12. The summed E-state index contributed by atoms with van der Waals surface area (Å²) in [5, 5.41) is 19.8. The molecule has 0 atom stereocenters. The number of benzene rings is 2. The van der Waals surface area contributed by atoms with E-state index in [9.17, 15) is 14.9 Å². The Balaban J connectivity index is 1.17. The lowest BCUT2D eigenvalue weighted by atomic mass is 10.0. The number of para-hydroxylation sites is 1. The summed E-state index contributed by atoms with van der Waals surface area (Å²) >= 11 is 0. The number of nitriles is 1. The molecule has 0 bridgehead atoms. The van der Waals surface area contributed by atoms with Crippen LogP contribution in [0.2, 0.25) is 0 Å². The maximum atomic E-state index is 12.2. The molecule has 0 saturated carbocycles. The lowest BCUT2D eigenvalue weighted by molar-refractivity contribution is -0.121. The van der Waals surface area contributed by atoms with Gasteiger partial charge in [-0.3, -0.25) is 9.59 Å². The highest BCUT2D eigenvalue weighted by Gasteiger charge is 2.17. The van der Waals surface area contributed by atoms with Gasteiger partial charge in [-0.05, 0) is 61.6 Å². The molecular formula is C26H28N6O3. The van der Waals surface area contributed by atoms with Crippen molar-refractivity contribution < 1.29 is 14.3 Å². The molecule has 0 unspecified atom stereocenters. The number of aromatic nitrogens is 2. The van der Waals surface area contributed by atoms with Gasteiger partial charge in [0.1, 0.15) is 23.2 Å². The normalized spacial score (nSPS) is 12.4. The number of hydrogen-bond acceptors (Lipinski definition) is 6. The topological polar surface area (TPSA) is 135 Å². The molecule has 180 valence electrons. The Morgan fingerprint density at radius 1 is 1.20 bits per heavy atom. The molecule has 1 aliphatic heterocycles. The van der Waals surface area contributed by atoms with Gasteiger partial charge in [0, 0.05) is 25.1 Å². The average Bonchev–Trinajstić information content (AvgIpc) is 3.20. The van der Waals surface area contributed by atoms with Gasteiger partial charge in [0.05, 0.1) is 18.0 Å². The van der Waals surface area contributed by atoms with Gasteiger partial charge in [0.25, 0.3) is 0 Å². The fraction of sp³-hybridized carbons (Fsp3) is 0.308. The van der Waals surface area contributed by atoms with Gasteiger partial charge in [0.15, 0.2) is 0 Å². The van der Waals surface area contributed by atoms with Crippen LogP contribution in [-0.2, 0) is 22.4 Å². The number of aryl methyl sites for hydroxylation is 2. The molecule has 0 fully saturated rings. The second-order valence-electron chi connectivity index (χ2n) is 8.34. The number of nitrogens with two attached hydrogens (primary N) is 1. The monoisotopic (exact) mass is 472 g/mol. The van der Waals surface area contributed by atoms with Gasteiger partial charge in [-0.2, -0.15) is 10.4 Å². The quantitative estimate of drug-likeness (QED) is 0.388. The zero-order valence-corrected chi connectivity index (χ0v) is 19.4. The molecular weight excluding hydrogens is 444 g/mol. The molecule has 3 aromatic rings. The number of carbonyl (C=O) groups is 2. The van der Waals surface area contributed by atoms with E-state index >= 15 is 0 Å². The number of nitrogens with one attached hydrogen (secondary N) is 2. The molecule has 0 aliphatic carbocycles. The molecule has 9 heteroatoms. The van der Waals surface area contributed by atoms with E-state index < -0.39 is 0 Å². The van der Waals surface area contributed by atoms with Crippen molar-refractivity contribution in [3.05, 3.63) is 65.4 Å². The summed E-state index contributed by atoms with van der Waals surface area (Å²) in [6.45, 7) is 0.916.